The van der Waals surface area contributed by atoms with E-state index in [2.05, 4.69) is 49.9 Å². The zero-order valence-corrected chi connectivity index (χ0v) is 8.66. The molecule has 0 heteroatoms. The number of hydrogen-bond acceptors (Lipinski definition) is 0. The van der Waals surface area contributed by atoms with Crippen LogP contribution in [0.4, 0.5) is 0 Å². The average Bonchev–Trinajstić information content (AvgIpc) is 2.39. The van der Waals surface area contributed by atoms with Gasteiger partial charge in [-0.15, -0.1) is 0 Å². The van der Waals surface area contributed by atoms with Crippen LogP contribution >= 0.6 is 0 Å². The van der Waals surface area contributed by atoms with Crippen molar-refractivity contribution in [3.05, 3.63) is 54.1 Å². The molecule has 14 heavy (non-hydrogen) atoms. The molecule has 0 spiro atoms. The van der Waals surface area contributed by atoms with Crippen LogP contribution in [0.2, 0.25) is 0 Å². The molecule has 1 aromatic rings. The van der Waals surface area contributed by atoms with E-state index in [4.69, 9.17) is 0 Å². The van der Waals surface area contributed by atoms with E-state index in [0.717, 1.165) is 12.0 Å². The Bertz CT molecular complexity index is 371. The summed E-state index contributed by atoms with van der Waals surface area (Å²) in [6.07, 6.45) is 6.82. The van der Waals surface area contributed by atoms with Gasteiger partial charge in [-0.25, -0.2) is 0 Å². The standard InChI is InChI=1S/C14H16/c1-3-12-9-8-11(2)14-7-5-4-6-13(14)10-12/h4-9,12H,2-3,10H2,1H3. The summed E-state index contributed by atoms with van der Waals surface area (Å²) in [4.78, 5) is 0. The molecule has 0 radical (unpaired) electrons. The van der Waals surface area contributed by atoms with Gasteiger partial charge in [-0.1, -0.05) is 49.9 Å². The Kier molecular flexibility index (Phi) is 2.53. The van der Waals surface area contributed by atoms with Crippen LogP contribution in [-0.2, 0) is 6.42 Å². The highest BCUT2D eigenvalue weighted by Gasteiger charge is 2.12. The van der Waals surface area contributed by atoms with E-state index in [1.165, 1.54) is 17.5 Å². The van der Waals surface area contributed by atoms with Gasteiger partial charge in [-0.2, -0.15) is 0 Å². The molecule has 1 aliphatic rings. The molecule has 0 heterocycles. The third-order valence-electron chi connectivity index (χ3n) is 2.94. The van der Waals surface area contributed by atoms with Gasteiger partial charge in [-0.3, -0.25) is 0 Å². The first-order valence-electron chi connectivity index (χ1n) is 5.26. The number of allylic oxidation sites excluding steroid dienone is 3. The van der Waals surface area contributed by atoms with Crippen molar-refractivity contribution < 1.29 is 0 Å². The number of rotatable bonds is 1. The van der Waals surface area contributed by atoms with Gasteiger partial charge in [0.15, 0.2) is 0 Å². The molecule has 0 amide bonds. The number of benzene rings is 1. The van der Waals surface area contributed by atoms with E-state index in [0.29, 0.717) is 5.92 Å². The maximum Gasteiger partial charge on any atom is -0.0158 e. The first kappa shape index (κ1) is 9.26. The Morgan fingerprint density at radius 1 is 1.36 bits per heavy atom. The van der Waals surface area contributed by atoms with Crippen molar-refractivity contribution in [2.75, 3.05) is 0 Å². The molecule has 72 valence electrons. The molecule has 1 aromatic carbocycles. The van der Waals surface area contributed by atoms with E-state index >= 15 is 0 Å². The van der Waals surface area contributed by atoms with Crippen LogP contribution in [0.15, 0.2) is 43.0 Å². The van der Waals surface area contributed by atoms with Gasteiger partial charge >= 0.3 is 0 Å². The molecule has 0 bridgehead atoms. The minimum Gasteiger partial charge on any atom is -0.0912 e. The normalized spacial score (nSPS) is 20.4. The second kappa shape index (κ2) is 3.83. The Morgan fingerprint density at radius 2 is 2.14 bits per heavy atom. The molecule has 0 nitrogen and oxygen atoms in total. The molecule has 1 atom stereocenters. The van der Waals surface area contributed by atoms with Crippen molar-refractivity contribution >= 4 is 5.57 Å². The van der Waals surface area contributed by atoms with Crippen molar-refractivity contribution in [2.45, 2.75) is 19.8 Å². The molecule has 1 aliphatic carbocycles. The minimum atomic E-state index is 0.676. The first-order valence-corrected chi connectivity index (χ1v) is 5.26. The zero-order chi connectivity index (χ0) is 9.97. The third-order valence-corrected chi connectivity index (χ3v) is 2.94. The highest BCUT2D eigenvalue weighted by Crippen LogP contribution is 2.27. The molecule has 0 saturated heterocycles. The zero-order valence-electron chi connectivity index (χ0n) is 8.66. The Labute approximate surface area is 86.0 Å². The number of fused-ring (bicyclic) bond motifs is 1. The van der Waals surface area contributed by atoms with Gasteiger partial charge in [0.25, 0.3) is 0 Å². The summed E-state index contributed by atoms with van der Waals surface area (Å²) in [7, 11) is 0. The van der Waals surface area contributed by atoms with Gasteiger partial charge in [0.2, 0.25) is 0 Å². The fourth-order valence-corrected chi connectivity index (χ4v) is 1.98. The van der Waals surface area contributed by atoms with Crippen LogP contribution < -0.4 is 0 Å². The lowest BCUT2D eigenvalue weighted by Crippen LogP contribution is -1.99. The van der Waals surface area contributed by atoms with Crippen LogP contribution in [-0.4, -0.2) is 0 Å². The maximum atomic E-state index is 4.10. The van der Waals surface area contributed by atoms with Crippen LogP contribution in [0, 0.1) is 5.92 Å². The molecular formula is C14H16. The fraction of sp³-hybridized carbons (Fsp3) is 0.286. The van der Waals surface area contributed by atoms with Gasteiger partial charge in [0, 0.05) is 0 Å². The number of hydrogen-bond donors (Lipinski definition) is 0. The smallest absolute Gasteiger partial charge is 0.0158 e. The van der Waals surface area contributed by atoms with E-state index in [9.17, 15) is 0 Å². The molecule has 1 unspecified atom stereocenters. The molecule has 0 saturated carbocycles. The molecular weight excluding hydrogens is 168 g/mol. The second-order valence-electron chi connectivity index (χ2n) is 3.91. The molecule has 2 rings (SSSR count). The first-order chi connectivity index (χ1) is 6.81. The van der Waals surface area contributed by atoms with Crippen molar-refractivity contribution in [1.82, 2.24) is 0 Å². The molecule has 0 fully saturated rings. The Hall–Kier alpha value is -1.30. The fourth-order valence-electron chi connectivity index (χ4n) is 1.98. The summed E-state index contributed by atoms with van der Waals surface area (Å²) in [6.45, 7) is 6.34. The summed E-state index contributed by atoms with van der Waals surface area (Å²) >= 11 is 0. The van der Waals surface area contributed by atoms with Crippen LogP contribution in [0.25, 0.3) is 5.57 Å². The summed E-state index contributed by atoms with van der Waals surface area (Å²) in [5, 5.41) is 0. The summed E-state index contributed by atoms with van der Waals surface area (Å²) in [6, 6.07) is 8.59. The molecule has 0 N–H and O–H groups in total. The van der Waals surface area contributed by atoms with Crippen molar-refractivity contribution in [3.8, 4) is 0 Å². The highest BCUT2D eigenvalue weighted by atomic mass is 14.2. The monoisotopic (exact) mass is 184 g/mol. The maximum absolute atomic E-state index is 4.10. The van der Waals surface area contributed by atoms with Gasteiger partial charge in [0.05, 0.1) is 0 Å². The summed E-state index contributed by atoms with van der Waals surface area (Å²) in [5.41, 5.74) is 3.91. The lowest BCUT2D eigenvalue weighted by Gasteiger charge is -2.09. The Balaban J connectivity index is 2.43. The van der Waals surface area contributed by atoms with Crippen LogP contribution in [0.3, 0.4) is 0 Å². The SMILES string of the molecule is C=C1C=CC(CC)Cc2ccccc21. The van der Waals surface area contributed by atoms with E-state index in [-0.39, 0.29) is 0 Å². The van der Waals surface area contributed by atoms with Crippen LogP contribution in [0.1, 0.15) is 24.5 Å². The van der Waals surface area contributed by atoms with Crippen molar-refractivity contribution in [1.29, 1.82) is 0 Å². The molecule has 0 aliphatic heterocycles. The predicted octanol–water partition coefficient (Wildman–Crippen LogP) is 3.84. The van der Waals surface area contributed by atoms with E-state index < -0.39 is 0 Å². The lowest BCUT2D eigenvalue weighted by molar-refractivity contribution is 0.626. The third kappa shape index (κ3) is 1.65. The quantitative estimate of drug-likeness (QED) is 0.622. The second-order valence-corrected chi connectivity index (χ2v) is 3.91. The largest absolute Gasteiger partial charge is 0.0912 e. The van der Waals surface area contributed by atoms with Gasteiger partial charge < -0.3 is 0 Å². The van der Waals surface area contributed by atoms with Gasteiger partial charge in [-0.05, 0) is 35.5 Å². The van der Waals surface area contributed by atoms with Gasteiger partial charge in [0.1, 0.15) is 0 Å². The summed E-state index contributed by atoms with van der Waals surface area (Å²) in [5.74, 6) is 0.676. The topological polar surface area (TPSA) is 0 Å². The average molecular weight is 184 g/mol. The lowest BCUT2D eigenvalue weighted by atomic mass is 9.95. The van der Waals surface area contributed by atoms with E-state index in [1.807, 2.05) is 0 Å². The minimum absolute atomic E-state index is 0.676. The van der Waals surface area contributed by atoms with Crippen LogP contribution in [0.5, 0.6) is 0 Å². The van der Waals surface area contributed by atoms with Crippen molar-refractivity contribution in [2.24, 2.45) is 5.92 Å². The highest BCUT2D eigenvalue weighted by molar-refractivity contribution is 5.75. The van der Waals surface area contributed by atoms with Crippen molar-refractivity contribution in [3.63, 3.8) is 0 Å². The molecule has 0 aromatic heterocycles. The Morgan fingerprint density at radius 3 is 2.93 bits per heavy atom. The van der Waals surface area contributed by atoms with E-state index in [1.54, 1.807) is 0 Å². The predicted molar refractivity (Wildman–Crippen MR) is 62.1 cm³/mol. The summed E-state index contributed by atoms with van der Waals surface area (Å²) < 4.78 is 0.